The molecule has 0 saturated heterocycles. The van der Waals surface area contributed by atoms with Crippen LogP contribution in [0.4, 0.5) is 0 Å². The van der Waals surface area contributed by atoms with Crippen molar-refractivity contribution in [2.45, 2.75) is 39.2 Å². The topological polar surface area (TPSA) is 66.5 Å². The first kappa shape index (κ1) is 21.0. The summed E-state index contributed by atoms with van der Waals surface area (Å²) in [5.41, 5.74) is 10.3. The van der Waals surface area contributed by atoms with Crippen molar-refractivity contribution >= 4 is 23.0 Å². The summed E-state index contributed by atoms with van der Waals surface area (Å²) < 4.78 is 5.84. The van der Waals surface area contributed by atoms with Crippen LogP contribution in [0.25, 0.3) is 10.9 Å². The molecule has 1 aromatic heterocycles. The number of rotatable bonds is 6. The molecule has 5 heteroatoms. The van der Waals surface area contributed by atoms with Crippen LogP contribution in [0.5, 0.6) is 5.75 Å². The molecule has 0 radical (unpaired) electrons. The summed E-state index contributed by atoms with van der Waals surface area (Å²) >= 11 is 0. The van der Waals surface area contributed by atoms with Crippen molar-refractivity contribution in [2.24, 2.45) is 5.10 Å². The number of hydrogen-bond acceptors (Lipinski definition) is 3. The molecule has 5 rings (SSSR count). The van der Waals surface area contributed by atoms with Gasteiger partial charge in [-0.3, -0.25) is 4.79 Å². The molecule has 0 unspecified atom stereocenters. The van der Waals surface area contributed by atoms with Gasteiger partial charge in [0.25, 0.3) is 5.91 Å². The van der Waals surface area contributed by atoms with E-state index in [0.29, 0.717) is 12.2 Å². The van der Waals surface area contributed by atoms with E-state index in [1.54, 1.807) is 6.21 Å². The lowest BCUT2D eigenvalue weighted by molar-refractivity contribution is 0.0955. The number of amides is 1. The first-order valence-electron chi connectivity index (χ1n) is 11.4. The van der Waals surface area contributed by atoms with E-state index in [0.717, 1.165) is 40.6 Å². The molecule has 0 aliphatic heterocycles. The first-order chi connectivity index (χ1) is 16.2. The first-order valence-corrected chi connectivity index (χ1v) is 11.4. The number of hydrazone groups is 1. The predicted molar refractivity (Wildman–Crippen MR) is 132 cm³/mol. The van der Waals surface area contributed by atoms with Gasteiger partial charge >= 0.3 is 0 Å². The maximum atomic E-state index is 12.6. The van der Waals surface area contributed by atoms with E-state index in [-0.39, 0.29) is 5.91 Å². The monoisotopic (exact) mass is 437 g/mol. The number of nitrogens with one attached hydrogen (secondary N) is 2. The summed E-state index contributed by atoms with van der Waals surface area (Å²) in [6, 6.07) is 21.7. The molecule has 1 aliphatic rings. The quantitative estimate of drug-likeness (QED) is 0.300. The fourth-order valence-corrected chi connectivity index (χ4v) is 4.28. The molecule has 1 aliphatic carbocycles. The molecule has 0 atom stereocenters. The Morgan fingerprint density at radius 2 is 1.82 bits per heavy atom. The van der Waals surface area contributed by atoms with Crippen LogP contribution in [-0.2, 0) is 19.4 Å². The molecule has 0 bridgehead atoms. The third kappa shape index (κ3) is 4.82. The van der Waals surface area contributed by atoms with Crippen molar-refractivity contribution in [1.82, 2.24) is 10.4 Å². The highest BCUT2D eigenvalue weighted by molar-refractivity contribution is 5.99. The van der Waals surface area contributed by atoms with Crippen molar-refractivity contribution in [3.05, 3.63) is 100 Å². The fourth-order valence-electron chi connectivity index (χ4n) is 4.28. The van der Waals surface area contributed by atoms with Crippen molar-refractivity contribution < 1.29 is 9.53 Å². The second kappa shape index (κ2) is 9.33. The van der Waals surface area contributed by atoms with E-state index in [9.17, 15) is 4.79 Å². The molecule has 2 N–H and O–H groups in total. The molecule has 1 heterocycles. The predicted octanol–water partition coefficient (Wildman–Crippen LogP) is 5.70. The zero-order valence-electron chi connectivity index (χ0n) is 18.7. The molecular formula is C28H27N3O2. The lowest BCUT2D eigenvalue weighted by Crippen LogP contribution is -2.17. The second-order valence-corrected chi connectivity index (χ2v) is 8.59. The Bertz CT molecular complexity index is 1300. The molecule has 4 aromatic rings. The van der Waals surface area contributed by atoms with Crippen LogP contribution in [0.2, 0.25) is 0 Å². The summed E-state index contributed by atoms with van der Waals surface area (Å²) in [4.78, 5) is 16.1. The third-order valence-electron chi connectivity index (χ3n) is 6.15. The van der Waals surface area contributed by atoms with Crippen molar-refractivity contribution in [1.29, 1.82) is 0 Å². The average Bonchev–Trinajstić information content (AvgIpc) is 3.22. The number of H-pyrrole nitrogens is 1. The Kier molecular flexibility index (Phi) is 5.94. The van der Waals surface area contributed by atoms with Gasteiger partial charge in [-0.05, 0) is 91.8 Å². The second-order valence-electron chi connectivity index (χ2n) is 8.59. The molecule has 0 saturated carbocycles. The van der Waals surface area contributed by atoms with Crippen LogP contribution >= 0.6 is 0 Å². The smallest absolute Gasteiger partial charge is 0.271 e. The Morgan fingerprint density at radius 1 is 1.03 bits per heavy atom. The standard InChI is InChI=1S/C28H27N3O2/c1-19-6-8-21(9-7-19)18-33-23-13-10-20(11-14-23)17-29-31-28(32)22-12-15-27-25(16-22)24-4-2-3-5-26(24)30-27/h6-17,30H,2-5,18H2,1H3,(H,31,32)/b29-17+. The lowest BCUT2D eigenvalue weighted by atomic mass is 9.95. The summed E-state index contributed by atoms with van der Waals surface area (Å²) in [5, 5.41) is 5.29. The maximum Gasteiger partial charge on any atom is 0.271 e. The van der Waals surface area contributed by atoms with E-state index in [1.165, 1.54) is 29.7 Å². The minimum absolute atomic E-state index is 0.211. The van der Waals surface area contributed by atoms with Crippen LogP contribution in [0.15, 0.2) is 71.8 Å². The van der Waals surface area contributed by atoms with Crippen molar-refractivity contribution in [3.8, 4) is 5.75 Å². The van der Waals surface area contributed by atoms with Crippen molar-refractivity contribution in [2.75, 3.05) is 0 Å². The number of benzene rings is 3. The summed E-state index contributed by atoms with van der Waals surface area (Å²) in [6.07, 6.45) is 6.23. The molecule has 166 valence electrons. The van der Waals surface area contributed by atoms with Gasteiger partial charge in [-0.1, -0.05) is 29.8 Å². The zero-order chi connectivity index (χ0) is 22.6. The molecule has 33 heavy (non-hydrogen) atoms. The van der Waals surface area contributed by atoms with E-state index >= 15 is 0 Å². The molecule has 5 nitrogen and oxygen atoms in total. The maximum absolute atomic E-state index is 12.6. The third-order valence-corrected chi connectivity index (χ3v) is 6.15. The number of aryl methyl sites for hydroxylation is 3. The number of carbonyl (C=O) groups excluding carboxylic acids is 1. The van der Waals surface area contributed by atoms with Gasteiger partial charge in [0, 0.05) is 22.2 Å². The number of fused-ring (bicyclic) bond motifs is 3. The number of carbonyl (C=O) groups is 1. The van der Waals surface area contributed by atoms with E-state index in [1.807, 2.05) is 42.5 Å². The minimum Gasteiger partial charge on any atom is -0.489 e. The highest BCUT2D eigenvalue weighted by Gasteiger charge is 2.16. The summed E-state index contributed by atoms with van der Waals surface area (Å²) in [5.74, 6) is 0.580. The minimum atomic E-state index is -0.211. The van der Waals surface area contributed by atoms with E-state index < -0.39 is 0 Å². The number of nitrogens with zero attached hydrogens (tertiary/aromatic N) is 1. The van der Waals surface area contributed by atoms with Crippen LogP contribution in [0.1, 0.15) is 51.1 Å². The van der Waals surface area contributed by atoms with Crippen LogP contribution in [0, 0.1) is 6.92 Å². The van der Waals surface area contributed by atoms with Gasteiger partial charge in [-0.15, -0.1) is 0 Å². The average molecular weight is 438 g/mol. The number of ether oxygens (including phenoxy) is 1. The Balaban J connectivity index is 1.18. The van der Waals surface area contributed by atoms with Crippen LogP contribution in [0.3, 0.4) is 0 Å². The van der Waals surface area contributed by atoms with Gasteiger partial charge in [-0.25, -0.2) is 5.43 Å². The highest BCUT2D eigenvalue weighted by atomic mass is 16.5. The van der Waals surface area contributed by atoms with E-state index in [4.69, 9.17) is 4.74 Å². The van der Waals surface area contributed by atoms with Crippen molar-refractivity contribution in [3.63, 3.8) is 0 Å². The number of aromatic nitrogens is 1. The lowest BCUT2D eigenvalue weighted by Gasteiger charge is -2.10. The molecular weight excluding hydrogens is 410 g/mol. The van der Waals surface area contributed by atoms with Gasteiger partial charge < -0.3 is 9.72 Å². The number of hydrogen-bond donors (Lipinski definition) is 2. The molecule has 0 fully saturated rings. The normalized spacial score (nSPS) is 13.2. The molecule has 0 spiro atoms. The largest absolute Gasteiger partial charge is 0.489 e. The molecule has 1 amide bonds. The van der Waals surface area contributed by atoms with Gasteiger partial charge in [0.2, 0.25) is 0 Å². The van der Waals surface area contributed by atoms with Gasteiger partial charge in [0.1, 0.15) is 12.4 Å². The Morgan fingerprint density at radius 3 is 2.64 bits per heavy atom. The Hall–Kier alpha value is -3.86. The van der Waals surface area contributed by atoms with Crippen LogP contribution in [-0.4, -0.2) is 17.1 Å². The van der Waals surface area contributed by atoms with Gasteiger partial charge in [-0.2, -0.15) is 5.10 Å². The van der Waals surface area contributed by atoms with E-state index in [2.05, 4.69) is 46.7 Å². The molecule has 3 aromatic carbocycles. The zero-order valence-corrected chi connectivity index (χ0v) is 18.7. The Labute approximate surface area is 193 Å². The van der Waals surface area contributed by atoms with Gasteiger partial charge in [0.15, 0.2) is 0 Å². The van der Waals surface area contributed by atoms with Gasteiger partial charge in [0.05, 0.1) is 6.21 Å². The van der Waals surface area contributed by atoms with Crippen LogP contribution < -0.4 is 10.2 Å². The highest BCUT2D eigenvalue weighted by Crippen LogP contribution is 2.29. The number of aromatic amines is 1. The summed E-state index contributed by atoms with van der Waals surface area (Å²) in [7, 11) is 0. The fraction of sp³-hybridized carbons (Fsp3) is 0.214. The summed E-state index contributed by atoms with van der Waals surface area (Å²) in [6.45, 7) is 2.60. The SMILES string of the molecule is Cc1ccc(COc2ccc(/C=N/NC(=O)c3ccc4[nH]c5c(c4c3)CCCC5)cc2)cc1.